The summed E-state index contributed by atoms with van der Waals surface area (Å²) >= 11 is 0. The zero-order valence-electron chi connectivity index (χ0n) is 11.1. The zero-order chi connectivity index (χ0) is 13.8. The molecule has 2 heterocycles. The van der Waals surface area contributed by atoms with Crippen LogP contribution in [0.3, 0.4) is 0 Å². The second kappa shape index (κ2) is 6.02. The molecule has 0 spiro atoms. The minimum atomic E-state index is 0.0748. The number of benzene rings is 1. The minimum absolute atomic E-state index is 0.0748. The predicted molar refractivity (Wildman–Crippen MR) is 72.1 cm³/mol. The average molecular weight is 275 g/mol. The molecule has 1 aliphatic heterocycles. The first kappa shape index (κ1) is 13.1. The van der Waals surface area contributed by atoms with Crippen LogP contribution in [0.15, 0.2) is 28.8 Å². The van der Waals surface area contributed by atoms with Crippen molar-refractivity contribution in [2.45, 2.75) is 25.5 Å². The van der Waals surface area contributed by atoms with Gasteiger partial charge in [-0.05, 0) is 25.0 Å². The van der Waals surface area contributed by atoms with Crippen LogP contribution in [0.25, 0.3) is 11.4 Å². The largest absolute Gasteiger partial charge is 0.487 e. The molecular weight excluding hydrogens is 258 g/mol. The number of nitrogens with two attached hydrogens (primary N) is 1. The molecule has 0 amide bonds. The summed E-state index contributed by atoms with van der Waals surface area (Å²) in [5.74, 6) is 1.65. The van der Waals surface area contributed by atoms with Crippen molar-refractivity contribution < 1.29 is 14.0 Å². The SMILES string of the molecule is NCc1nc(-c2ccccc2OC2CCCOC2)no1. The fourth-order valence-electron chi connectivity index (χ4n) is 2.18. The highest BCUT2D eigenvalue weighted by molar-refractivity contribution is 5.63. The molecule has 1 atom stereocenters. The number of hydrogen-bond donors (Lipinski definition) is 1. The van der Waals surface area contributed by atoms with E-state index in [4.69, 9.17) is 19.7 Å². The molecular formula is C14H17N3O3. The number of hydrogen-bond acceptors (Lipinski definition) is 6. The van der Waals surface area contributed by atoms with E-state index in [-0.39, 0.29) is 12.6 Å². The molecule has 0 bridgehead atoms. The zero-order valence-corrected chi connectivity index (χ0v) is 11.1. The van der Waals surface area contributed by atoms with Crippen LogP contribution in [0.1, 0.15) is 18.7 Å². The van der Waals surface area contributed by atoms with Gasteiger partial charge in [-0.25, -0.2) is 0 Å². The number of para-hydroxylation sites is 1. The average Bonchev–Trinajstić information content (AvgIpc) is 2.98. The molecule has 1 aromatic carbocycles. The van der Waals surface area contributed by atoms with Crippen LogP contribution in [0.2, 0.25) is 0 Å². The number of rotatable bonds is 4. The Morgan fingerprint density at radius 2 is 2.25 bits per heavy atom. The quantitative estimate of drug-likeness (QED) is 0.915. The molecule has 1 aliphatic rings. The van der Waals surface area contributed by atoms with Crippen LogP contribution in [-0.2, 0) is 11.3 Å². The van der Waals surface area contributed by atoms with Gasteiger partial charge in [0.25, 0.3) is 0 Å². The Balaban J connectivity index is 1.83. The maximum Gasteiger partial charge on any atom is 0.240 e. The normalized spacial score (nSPS) is 18.9. The summed E-state index contributed by atoms with van der Waals surface area (Å²) in [6.45, 7) is 1.66. The third-order valence-corrected chi connectivity index (χ3v) is 3.18. The van der Waals surface area contributed by atoms with Crippen LogP contribution in [-0.4, -0.2) is 29.5 Å². The molecule has 3 rings (SSSR count). The van der Waals surface area contributed by atoms with Gasteiger partial charge in [-0.2, -0.15) is 4.98 Å². The van der Waals surface area contributed by atoms with Crippen LogP contribution >= 0.6 is 0 Å². The van der Waals surface area contributed by atoms with Crippen molar-refractivity contribution in [1.29, 1.82) is 0 Å². The van der Waals surface area contributed by atoms with Crippen molar-refractivity contribution in [3.63, 3.8) is 0 Å². The first-order valence-corrected chi connectivity index (χ1v) is 6.73. The first-order valence-electron chi connectivity index (χ1n) is 6.73. The Morgan fingerprint density at radius 1 is 1.35 bits per heavy atom. The van der Waals surface area contributed by atoms with E-state index >= 15 is 0 Å². The Labute approximate surface area is 116 Å². The van der Waals surface area contributed by atoms with Gasteiger partial charge in [-0.3, -0.25) is 0 Å². The smallest absolute Gasteiger partial charge is 0.240 e. The lowest BCUT2D eigenvalue weighted by atomic mass is 10.1. The fourth-order valence-corrected chi connectivity index (χ4v) is 2.18. The van der Waals surface area contributed by atoms with E-state index in [2.05, 4.69) is 10.1 Å². The molecule has 6 heteroatoms. The highest BCUT2D eigenvalue weighted by Gasteiger charge is 2.19. The Morgan fingerprint density at radius 3 is 3.00 bits per heavy atom. The molecule has 1 unspecified atom stereocenters. The van der Waals surface area contributed by atoms with E-state index in [0.29, 0.717) is 18.3 Å². The van der Waals surface area contributed by atoms with E-state index < -0.39 is 0 Å². The van der Waals surface area contributed by atoms with Gasteiger partial charge in [0.2, 0.25) is 11.7 Å². The lowest BCUT2D eigenvalue weighted by Gasteiger charge is -2.24. The second-order valence-electron chi connectivity index (χ2n) is 4.67. The lowest BCUT2D eigenvalue weighted by Crippen LogP contribution is -2.28. The van der Waals surface area contributed by atoms with Gasteiger partial charge >= 0.3 is 0 Å². The van der Waals surface area contributed by atoms with Gasteiger partial charge < -0.3 is 19.7 Å². The highest BCUT2D eigenvalue weighted by atomic mass is 16.5. The molecule has 1 aromatic heterocycles. The van der Waals surface area contributed by atoms with Crippen molar-refractivity contribution in [2.75, 3.05) is 13.2 Å². The molecule has 1 saturated heterocycles. The fraction of sp³-hybridized carbons (Fsp3) is 0.429. The molecule has 6 nitrogen and oxygen atoms in total. The third kappa shape index (κ3) is 2.81. The second-order valence-corrected chi connectivity index (χ2v) is 4.67. The lowest BCUT2D eigenvalue weighted by molar-refractivity contribution is 0.00765. The third-order valence-electron chi connectivity index (χ3n) is 3.18. The van der Waals surface area contributed by atoms with Gasteiger partial charge in [0.05, 0.1) is 18.7 Å². The Hall–Kier alpha value is -1.92. The first-order chi connectivity index (χ1) is 9.86. The van der Waals surface area contributed by atoms with E-state index in [9.17, 15) is 0 Å². The van der Waals surface area contributed by atoms with Gasteiger partial charge in [0.15, 0.2) is 0 Å². The Bertz CT molecular complexity index is 564. The summed E-state index contributed by atoms with van der Waals surface area (Å²) in [5, 5.41) is 3.93. The van der Waals surface area contributed by atoms with Crippen molar-refractivity contribution >= 4 is 0 Å². The summed E-state index contributed by atoms with van der Waals surface area (Å²) in [6, 6.07) is 7.65. The number of ether oxygens (including phenoxy) is 2. The summed E-state index contributed by atoms with van der Waals surface area (Å²) in [7, 11) is 0. The summed E-state index contributed by atoms with van der Waals surface area (Å²) in [5.41, 5.74) is 6.29. The van der Waals surface area contributed by atoms with Crippen molar-refractivity contribution in [3.05, 3.63) is 30.2 Å². The van der Waals surface area contributed by atoms with Crippen LogP contribution < -0.4 is 10.5 Å². The van der Waals surface area contributed by atoms with Gasteiger partial charge in [-0.1, -0.05) is 17.3 Å². The summed E-state index contributed by atoms with van der Waals surface area (Å²) < 4.78 is 16.5. The van der Waals surface area contributed by atoms with Crippen LogP contribution in [0.5, 0.6) is 5.75 Å². The van der Waals surface area contributed by atoms with Crippen molar-refractivity contribution in [3.8, 4) is 17.1 Å². The highest BCUT2D eigenvalue weighted by Crippen LogP contribution is 2.29. The van der Waals surface area contributed by atoms with Crippen molar-refractivity contribution in [1.82, 2.24) is 10.1 Å². The van der Waals surface area contributed by atoms with Gasteiger partial charge in [0.1, 0.15) is 11.9 Å². The standard InChI is InChI=1S/C14H17N3O3/c15-8-13-16-14(17-20-13)11-5-1-2-6-12(11)19-10-4-3-7-18-9-10/h1-2,5-6,10H,3-4,7-9,15H2. The molecule has 20 heavy (non-hydrogen) atoms. The van der Waals surface area contributed by atoms with Crippen LogP contribution in [0, 0.1) is 0 Å². The van der Waals surface area contributed by atoms with Gasteiger partial charge in [-0.15, -0.1) is 0 Å². The molecule has 0 aliphatic carbocycles. The van der Waals surface area contributed by atoms with E-state index in [1.807, 2.05) is 24.3 Å². The predicted octanol–water partition coefficient (Wildman–Crippen LogP) is 1.75. The van der Waals surface area contributed by atoms with Gasteiger partial charge in [0, 0.05) is 6.61 Å². The van der Waals surface area contributed by atoms with E-state index in [1.54, 1.807) is 0 Å². The topological polar surface area (TPSA) is 83.4 Å². The maximum atomic E-state index is 6.01. The molecule has 2 aromatic rings. The Kier molecular flexibility index (Phi) is 3.94. The molecule has 106 valence electrons. The minimum Gasteiger partial charge on any atom is -0.487 e. The number of nitrogens with zero attached hydrogens (tertiary/aromatic N) is 2. The van der Waals surface area contributed by atoms with Crippen molar-refractivity contribution in [2.24, 2.45) is 5.73 Å². The molecule has 1 fully saturated rings. The molecule has 0 saturated carbocycles. The molecule has 0 radical (unpaired) electrons. The summed E-state index contributed by atoms with van der Waals surface area (Å²) in [4.78, 5) is 4.24. The maximum absolute atomic E-state index is 6.01. The monoisotopic (exact) mass is 275 g/mol. The summed E-state index contributed by atoms with van der Waals surface area (Å²) in [6.07, 6.45) is 2.09. The number of aromatic nitrogens is 2. The van der Waals surface area contributed by atoms with E-state index in [1.165, 1.54) is 0 Å². The molecule has 2 N–H and O–H groups in total. The van der Waals surface area contributed by atoms with E-state index in [0.717, 1.165) is 30.8 Å². The van der Waals surface area contributed by atoms with Crippen LogP contribution in [0.4, 0.5) is 0 Å².